The minimum atomic E-state index is -3.76. The number of carbonyl (C=O) groups is 2. The predicted molar refractivity (Wildman–Crippen MR) is 98.8 cm³/mol. The average Bonchev–Trinajstić information content (AvgIpc) is 3.21. The minimum Gasteiger partial charge on any atom is -0.496 e. The van der Waals surface area contributed by atoms with E-state index in [9.17, 15) is 18.0 Å². The number of rotatable bonds is 5. The molecule has 0 bridgehead atoms. The Hall–Kier alpha value is -2.13. The highest BCUT2D eigenvalue weighted by Gasteiger charge is 2.32. The van der Waals surface area contributed by atoms with Gasteiger partial charge in [-0.2, -0.15) is 4.31 Å². The van der Waals surface area contributed by atoms with E-state index in [4.69, 9.17) is 10.5 Å². The second-order valence-corrected chi connectivity index (χ2v) is 8.88. The summed E-state index contributed by atoms with van der Waals surface area (Å²) in [5.41, 5.74) is 5.57. The summed E-state index contributed by atoms with van der Waals surface area (Å²) in [6.07, 6.45) is 2.70. The zero-order valence-corrected chi connectivity index (χ0v) is 16.2. The summed E-state index contributed by atoms with van der Waals surface area (Å²) in [4.78, 5) is 25.9. The topological polar surface area (TPSA) is 110 Å². The first-order valence-electron chi connectivity index (χ1n) is 9.11. The number of nitrogens with zero attached hydrogens (tertiary/aromatic N) is 2. The average molecular weight is 395 g/mol. The minimum absolute atomic E-state index is 0.0587. The molecule has 2 N–H and O–H groups in total. The summed E-state index contributed by atoms with van der Waals surface area (Å²) in [5.74, 6) is -0.540. The molecule has 0 atom stereocenters. The van der Waals surface area contributed by atoms with Crippen LogP contribution < -0.4 is 10.5 Å². The highest BCUT2D eigenvalue weighted by Crippen LogP contribution is 2.29. The number of primary amides is 1. The van der Waals surface area contributed by atoms with Crippen LogP contribution in [0.1, 0.15) is 36.0 Å². The first-order valence-corrected chi connectivity index (χ1v) is 10.6. The molecule has 2 saturated heterocycles. The van der Waals surface area contributed by atoms with Gasteiger partial charge in [0.25, 0.3) is 5.91 Å². The lowest BCUT2D eigenvalue weighted by atomic mass is 9.98. The zero-order chi connectivity index (χ0) is 19.6. The lowest BCUT2D eigenvalue weighted by molar-refractivity contribution is -0.122. The van der Waals surface area contributed by atoms with Gasteiger partial charge in [-0.3, -0.25) is 9.59 Å². The largest absolute Gasteiger partial charge is 0.496 e. The first kappa shape index (κ1) is 19.6. The Morgan fingerprint density at radius 3 is 2.30 bits per heavy atom. The molecule has 2 heterocycles. The van der Waals surface area contributed by atoms with Gasteiger partial charge in [0, 0.05) is 32.1 Å². The van der Waals surface area contributed by atoms with E-state index in [-0.39, 0.29) is 35.4 Å². The number of ether oxygens (including phenoxy) is 1. The van der Waals surface area contributed by atoms with E-state index in [1.807, 2.05) is 0 Å². The second-order valence-electron chi connectivity index (χ2n) is 6.94. The molecule has 0 saturated carbocycles. The molecular weight excluding hydrogens is 370 g/mol. The van der Waals surface area contributed by atoms with E-state index >= 15 is 0 Å². The summed E-state index contributed by atoms with van der Waals surface area (Å²) in [5, 5.41) is 0. The van der Waals surface area contributed by atoms with Gasteiger partial charge in [-0.1, -0.05) is 0 Å². The van der Waals surface area contributed by atoms with Crippen molar-refractivity contribution < 1.29 is 22.7 Å². The molecule has 2 fully saturated rings. The van der Waals surface area contributed by atoms with Crippen molar-refractivity contribution in [2.24, 2.45) is 11.7 Å². The normalized spacial score (nSPS) is 19.2. The van der Waals surface area contributed by atoms with E-state index in [0.29, 0.717) is 31.7 Å². The Balaban J connectivity index is 1.86. The number of benzene rings is 1. The van der Waals surface area contributed by atoms with Crippen LogP contribution in [-0.2, 0) is 14.8 Å². The molecule has 0 aromatic heterocycles. The number of nitrogens with two attached hydrogens (primary N) is 1. The molecule has 2 aliphatic heterocycles. The van der Waals surface area contributed by atoms with Gasteiger partial charge in [-0.05, 0) is 43.9 Å². The van der Waals surface area contributed by atoms with Crippen LogP contribution in [0.25, 0.3) is 0 Å². The molecular formula is C18H25N3O5S. The van der Waals surface area contributed by atoms with Crippen LogP contribution in [0.4, 0.5) is 0 Å². The van der Waals surface area contributed by atoms with Crippen molar-refractivity contribution in [3.05, 3.63) is 23.8 Å². The van der Waals surface area contributed by atoms with Gasteiger partial charge in [0.05, 0.1) is 17.6 Å². The van der Waals surface area contributed by atoms with Crippen molar-refractivity contribution in [3.63, 3.8) is 0 Å². The van der Waals surface area contributed by atoms with Crippen molar-refractivity contribution in [2.45, 2.75) is 30.6 Å². The van der Waals surface area contributed by atoms with Gasteiger partial charge >= 0.3 is 0 Å². The number of amides is 2. The summed E-state index contributed by atoms with van der Waals surface area (Å²) in [7, 11) is -2.30. The molecule has 9 heteroatoms. The van der Waals surface area contributed by atoms with E-state index in [1.165, 1.54) is 29.6 Å². The maximum Gasteiger partial charge on any atom is 0.257 e. The van der Waals surface area contributed by atoms with E-state index in [2.05, 4.69) is 0 Å². The number of piperidine rings is 1. The quantitative estimate of drug-likeness (QED) is 0.794. The monoisotopic (exact) mass is 395 g/mol. The van der Waals surface area contributed by atoms with Gasteiger partial charge in [-0.25, -0.2) is 8.42 Å². The molecule has 8 nitrogen and oxygen atoms in total. The Morgan fingerprint density at radius 1 is 1.11 bits per heavy atom. The lowest BCUT2D eigenvalue weighted by Gasteiger charge is -2.30. The van der Waals surface area contributed by atoms with Crippen LogP contribution in [0.5, 0.6) is 5.75 Å². The number of hydrogen-bond donors (Lipinski definition) is 1. The molecule has 1 aromatic rings. The molecule has 2 aliphatic rings. The number of sulfonamides is 1. The van der Waals surface area contributed by atoms with Crippen molar-refractivity contribution in [3.8, 4) is 5.75 Å². The lowest BCUT2D eigenvalue weighted by Crippen LogP contribution is -2.41. The Bertz CT molecular complexity index is 825. The molecule has 0 radical (unpaired) electrons. The summed E-state index contributed by atoms with van der Waals surface area (Å²) < 4.78 is 32.6. The third-order valence-corrected chi connectivity index (χ3v) is 7.18. The summed E-state index contributed by atoms with van der Waals surface area (Å²) in [6.45, 7) is 1.80. The molecule has 3 rings (SSSR count). The Kier molecular flexibility index (Phi) is 5.71. The summed E-state index contributed by atoms with van der Waals surface area (Å²) >= 11 is 0. The fraction of sp³-hybridized carbons (Fsp3) is 0.556. The summed E-state index contributed by atoms with van der Waals surface area (Å²) in [6, 6.07) is 4.37. The number of carbonyl (C=O) groups excluding carboxylic acids is 2. The van der Waals surface area contributed by atoms with Crippen LogP contribution >= 0.6 is 0 Å². The van der Waals surface area contributed by atoms with Crippen LogP contribution in [0, 0.1) is 5.92 Å². The van der Waals surface area contributed by atoms with Crippen LogP contribution in [0.3, 0.4) is 0 Å². The number of likely N-dealkylation sites (tertiary alicyclic amines) is 1. The van der Waals surface area contributed by atoms with Crippen molar-refractivity contribution >= 4 is 21.8 Å². The van der Waals surface area contributed by atoms with Gasteiger partial charge in [0.15, 0.2) is 0 Å². The fourth-order valence-corrected chi connectivity index (χ4v) is 5.13. The third-order valence-electron chi connectivity index (χ3n) is 5.29. The van der Waals surface area contributed by atoms with Crippen LogP contribution in [0.15, 0.2) is 23.1 Å². The SMILES string of the molecule is COc1ccc(S(=O)(=O)N2CCC(C(N)=O)CC2)cc1C(=O)N1CCCC1. The van der Waals surface area contributed by atoms with Gasteiger partial charge in [-0.15, -0.1) is 0 Å². The molecule has 0 aliphatic carbocycles. The number of methoxy groups -OCH3 is 1. The Morgan fingerprint density at radius 2 is 1.74 bits per heavy atom. The van der Waals surface area contributed by atoms with Gasteiger partial charge in [0.1, 0.15) is 5.75 Å². The van der Waals surface area contributed by atoms with Crippen LogP contribution in [0.2, 0.25) is 0 Å². The molecule has 2 amide bonds. The third kappa shape index (κ3) is 3.93. The predicted octanol–water partition coefficient (Wildman–Crippen LogP) is 0.817. The second kappa shape index (κ2) is 7.85. The van der Waals surface area contributed by atoms with Crippen molar-refractivity contribution in [2.75, 3.05) is 33.3 Å². The first-order chi connectivity index (χ1) is 12.8. The smallest absolute Gasteiger partial charge is 0.257 e. The van der Waals surface area contributed by atoms with Gasteiger partial charge < -0.3 is 15.4 Å². The molecule has 27 heavy (non-hydrogen) atoms. The van der Waals surface area contributed by atoms with Crippen molar-refractivity contribution in [1.29, 1.82) is 0 Å². The zero-order valence-electron chi connectivity index (χ0n) is 15.4. The highest BCUT2D eigenvalue weighted by atomic mass is 32.2. The van der Waals surface area contributed by atoms with Gasteiger partial charge in [0.2, 0.25) is 15.9 Å². The van der Waals surface area contributed by atoms with E-state index in [1.54, 1.807) is 4.90 Å². The maximum atomic E-state index is 13.0. The molecule has 148 valence electrons. The maximum absolute atomic E-state index is 13.0. The Labute approximate surface area is 159 Å². The molecule has 0 spiro atoms. The highest BCUT2D eigenvalue weighted by molar-refractivity contribution is 7.89. The fourth-order valence-electron chi connectivity index (χ4n) is 3.63. The standard InChI is InChI=1S/C18H25N3O5S/c1-26-16-5-4-14(12-15(16)18(23)20-8-2-3-9-20)27(24,25)21-10-6-13(7-11-21)17(19)22/h4-5,12-13H,2-3,6-11H2,1H3,(H2,19,22). The molecule has 1 aromatic carbocycles. The molecule has 0 unspecified atom stereocenters. The van der Waals surface area contributed by atoms with Crippen molar-refractivity contribution in [1.82, 2.24) is 9.21 Å². The number of hydrogen-bond acceptors (Lipinski definition) is 5. The van der Waals surface area contributed by atoms with E-state index in [0.717, 1.165) is 12.8 Å². The van der Waals surface area contributed by atoms with E-state index < -0.39 is 15.9 Å². The van der Waals surface area contributed by atoms with Crippen LogP contribution in [-0.4, -0.2) is 62.7 Å².